The number of aromatic carboxylic acids is 1. The Balaban J connectivity index is 2.43. The second kappa shape index (κ2) is 4.25. The molecule has 1 aliphatic rings. The summed E-state index contributed by atoms with van der Waals surface area (Å²) in [6.07, 6.45) is 2.46. The molecule has 2 heterocycles. The fourth-order valence-corrected chi connectivity index (χ4v) is 2.20. The zero-order valence-corrected chi connectivity index (χ0v) is 9.56. The third kappa shape index (κ3) is 1.71. The van der Waals surface area contributed by atoms with Crippen molar-refractivity contribution in [3.63, 3.8) is 0 Å². The molecule has 1 aromatic rings. The predicted molar refractivity (Wildman–Crippen MR) is 57.7 cm³/mol. The maximum Gasteiger partial charge on any atom is 0.354 e. The molecule has 1 N–H and O–H groups in total. The van der Waals surface area contributed by atoms with Crippen LogP contribution >= 0.6 is 0 Å². The van der Waals surface area contributed by atoms with E-state index in [0.29, 0.717) is 24.4 Å². The number of nitrogens with zero attached hydrogens (tertiary/aromatic N) is 2. The van der Waals surface area contributed by atoms with Crippen LogP contribution in [-0.4, -0.2) is 33.8 Å². The van der Waals surface area contributed by atoms with Crippen LogP contribution in [0.5, 0.6) is 0 Å². The van der Waals surface area contributed by atoms with Crippen LogP contribution in [0.25, 0.3) is 0 Å². The molecule has 0 bridgehead atoms. The number of fused-ring (bicyclic) bond motifs is 1. The van der Waals surface area contributed by atoms with Gasteiger partial charge in [0, 0.05) is 13.5 Å². The number of hydrogen-bond donors (Lipinski definition) is 1. The average Bonchev–Trinajstić information content (AvgIpc) is 2.65. The molecule has 0 radical (unpaired) electrons. The quantitative estimate of drug-likeness (QED) is 0.835. The Hall–Kier alpha value is -1.36. The van der Waals surface area contributed by atoms with Crippen molar-refractivity contribution in [2.24, 2.45) is 0 Å². The molecule has 1 atom stereocenters. The second-order valence-corrected chi connectivity index (χ2v) is 3.99. The summed E-state index contributed by atoms with van der Waals surface area (Å²) in [7, 11) is 1.66. The van der Waals surface area contributed by atoms with E-state index in [1.807, 2.05) is 6.92 Å². The molecule has 2 rings (SSSR count). The molecular weight excluding hydrogens is 208 g/mol. The zero-order valence-electron chi connectivity index (χ0n) is 9.56. The van der Waals surface area contributed by atoms with Gasteiger partial charge in [-0.2, -0.15) is 0 Å². The summed E-state index contributed by atoms with van der Waals surface area (Å²) in [4.78, 5) is 15.6. The summed E-state index contributed by atoms with van der Waals surface area (Å²) in [5.74, 6) is -0.0186. The smallest absolute Gasteiger partial charge is 0.354 e. The third-order valence-corrected chi connectivity index (χ3v) is 3.07. The Kier molecular flexibility index (Phi) is 2.96. The van der Waals surface area contributed by atoms with Crippen LogP contribution in [-0.2, 0) is 24.1 Å². The average molecular weight is 224 g/mol. The lowest BCUT2D eigenvalue weighted by Crippen LogP contribution is -2.28. The van der Waals surface area contributed by atoms with Crippen molar-refractivity contribution in [1.29, 1.82) is 0 Å². The van der Waals surface area contributed by atoms with Crippen molar-refractivity contribution in [2.45, 2.75) is 38.8 Å². The van der Waals surface area contributed by atoms with Crippen molar-refractivity contribution in [3.8, 4) is 0 Å². The molecule has 1 aliphatic heterocycles. The van der Waals surface area contributed by atoms with Crippen molar-refractivity contribution in [1.82, 2.24) is 9.55 Å². The SMILES string of the molecule is CCc1nc2n(c1C(=O)O)C[C@@H](OC)CC2. The normalized spacial score (nSPS) is 19.5. The maximum absolute atomic E-state index is 11.2. The summed E-state index contributed by atoms with van der Waals surface area (Å²) in [5.41, 5.74) is 1.01. The Labute approximate surface area is 94.1 Å². The number of carbonyl (C=O) groups is 1. The molecule has 5 nitrogen and oxygen atoms in total. The number of aryl methyl sites for hydroxylation is 2. The monoisotopic (exact) mass is 224 g/mol. The van der Waals surface area contributed by atoms with E-state index in [-0.39, 0.29) is 6.10 Å². The molecular formula is C11H16N2O3. The van der Waals surface area contributed by atoms with Crippen LogP contribution in [0.4, 0.5) is 0 Å². The molecule has 16 heavy (non-hydrogen) atoms. The van der Waals surface area contributed by atoms with E-state index in [1.165, 1.54) is 0 Å². The van der Waals surface area contributed by atoms with Gasteiger partial charge in [0.25, 0.3) is 0 Å². The van der Waals surface area contributed by atoms with E-state index in [0.717, 1.165) is 18.7 Å². The molecule has 5 heteroatoms. The van der Waals surface area contributed by atoms with Crippen molar-refractivity contribution in [2.75, 3.05) is 7.11 Å². The van der Waals surface area contributed by atoms with Gasteiger partial charge in [0.15, 0.2) is 5.69 Å². The van der Waals surface area contributed by atoms with Gasteiger partial charge in [-0.25, -0.2) is 9.78 Å². The molecule has 0 amide bonds. The number of ether oxygens (including phenoxy) is 1. The Morgan fingerprint density at radius 2 is 2.44 bits per heavy atom. The molecule has 0 saturated heterocycles. The number of imidazole rings is 1. The predicted octanol–water partition coefficient (Wildman–Crippen LogP) is 1.10. The second-order valence-electron chi connectivity index (χ2n) is 3.99. The molecule has 0 saturated carbocycles. The molecule has 1 aromatic heterocycles. The summed E-state index contributed by atoms with van der Waals surface area (Å²) in [6, 6.07) is 0. The lowest BCUT2D eigenvalue weighted by Gasteiger charge is -2.23. The van der Waals surface area contributed by atoms with Crippen LogP contribution in [0, 0.1) is 0 Å². The summed E-state index contributed by atoms with van der Waals surface area (Å²) >= 11 is 0. The molecule has 0 aromatic carbocycles. The highest BCUT2D eigenvalue weighted by Crippen LogP contribution is 2.21. The van der Waals surface area contributed by atoms with Crippen LogP contribution in [0.15, 0.2) is 0 Å². The number of rotatable bonds is 3. The van der Waals surface area contributed by atoms with Crippen molar-refractivity contribution in [3.05, 3.63) is 17.2 Å². The van der Waals surface area contributed by atoms with Gasteiger partial charge in [0.2, 0.25) is 0 Å². The van der Waals surface area contributed by atoms with Gasteiger partial charge in [-0.05, 0) is 12.8 Å². The summed E-state index contributed by atoms with van der Waals surface area (Å²) in [6.45, 7) is 2.52. The van der Waals surface area contributed by atoms with Gasteiger partial charge in [0.1, 0.15) is 5.82 Å². The molecule has 88 valence electrons. The molecule has 0 unspecified atom stereocenters. The number of carboxylic acid groups (broad SMARTS) is 1. The maximum atomic E-state index is 11.2. The minimum atomic E-state index is -0.896. The van der Waals surface area contributed by atoms with Crippen LogP contribution < -0.4 is 0 Å². The molecule has 0 fully saturated rings. The number of carboxylic acids is 1. The number of hydrogen-bond acceptors (Lipinski definition) is 3. The minimum Gasteiger partial charge on any atom is -0.477 e. The van der Waals surface area contributed by atoms with Crippen molar-refractivity contribution < 1.29 is 14.6 Å². The van der Waals surface area contributed by atoms with Gasteiger partial charge in [0.05, 0.1) is 18.3 Å². The lowest BCUT2D eigenvalue weighted by molar-refractivity contribution is 0.0613. The van der Waals surface area contributed by atoms with E-state index in [1.54, 1.807) is 11.7 Å². The van der Waals surface area contributed by atoms with Crippen LogP contribution in [0.2, 0.25) is 0 Å². The Morgan fingerprint density at radius 3 is 3.00 bits per heavy atom. The fraction of sp³-hybridized carbons (Fsp3) is 0.636. The first-order valence-electron chi connectivity index (χ1n) is 5.51. The van der Waals surface area contributed by atoms with Crippen molar-refractivity contribution >= 4 is 5.97 Å². The Bertz CT molecular complexity index is 412. The van der Waals surface area contributed by atoms with E-state index < -0.39 is 5.97 Å². The van der Waals surface area contributed by atoms with E-state index in [9.17, 15) is 9.90 Å². The van der Waals surface area contributed by atoms with E-state index in [2.05, 4.69) is 4.98 Å². The number of aromatic nitrogens is 2. The first-order chi connectivity index (χ1) is 7.67. The van der Waals surface area contributed by atoms with Gasteiger partial charge in [-0.15, -0.1) is 0 Å². The number of methoxy groups -OCH3 is 1. The van der Waals surface area contributed by atoms with Gasteiger partial charge >= 0.3 is 5.97 Å². The van der Waals surface area contributed by atoms with Gasteiger partial charge < -0.3 is 14.4 Å². The minimum absolute atomic E-state index is 0.101. The van der Waals surface area contributed by atoms with Crippen LogP contribution in [0.1, 0.15) is 35.4 Å². The fourth-order valence-electron chi connectivity index (χ4n) is 2.20. The largest absolute Gasteiger partial charge is 0.477 e. The van der Waals surface area contributed by atoms with E-state index >= 15 is 0 Å². The summed E-state index contributed by atoms with van der Waals surface area (Å²) < 4.78 is 7.07. The lowest BCUT2D eigenvalue weighted by atomic mass is 10.1. The Morgan fingerprint density at radius 1 is 1.69 bits per heavy atom. The van der Waals surface area contributed by atoms with E-state index in [4.69, 9.17) is 4.74 Å². The first-order valence-corrected chi connectivity index (χ1v) is 5.51. The third-order valence-electron chi connectivity index (χ3n) is 3.07. The standard InChI is InChI=1S/C11H16N2O3/c1-3-8-10(11(14)15)13-6-7(16-2)4-5-9(13)12-8/h7H,3-6H2,1-2H3,(H,14,15)/t7-/m0/s1. The molecule has 0 aliphatic carbocycles. The van der Waals surface area contributed by atoms with Gasteiger partial charge in [-0.1, -0.05) is 6.92 Å². The zero-order chi connectivity index (χ0) is 11.7. The van der Waals surface area contributed by atoms with Crippen LogP contribution in [0.3, 0.4) is 0 Å². The first kappa shape index (κ1) is 11.1. The summed E-state index contributed by atoms with van der Waals surface area (Å²) in [5, 5.41) is 9.20. The highest BCUT2D eigenvalue weighted by molar-refractivity contribution is 5.87. The highest BCUT2D eigenvalue weighted by Gasteiger charge is 2.27. The topological polar surface area (TPSA) is 64.4 Å². The highest BCUT2D eigenvalue weighted by atomic mass is 16.5. The molecule has 0 spiro atoms. The van der Waals surface area contributed by atoms with Gasteiger partial charge in [-0.3, -0.25) is 0 Å².